The Morgan fingerprint density at radius 2 is 1.96 bits per heavy atom. The molecular weight excluding hydrogens is 384 g/mol. The lowest BCUT2D eigenvalue weighted by atomic mass is 9.74. The minimum Gasteiger partial charge on any atom is -0.468 e. The molecule has 2 heterocycles. The van der Waals surface area contributed by atoms with Crippen LogP contribution in [0.25, 0.3) is 0 Å². The highest BCUT2D eigenvalue weighted by Gasteiger charge is 2.51. The van der Waals surface area contributed by atoms with E-state index in [4.69, 9.17) is 4.74 Å². The van der Waals surface area contributed by atoms with Gasteiger partial charge >= 0.3 is 0 Å². The smallest absolute Gasteiger partial charge is 0.237 e. The summed E-state index contributed by atoms with van der Waals surface area (Å²) in [6.07, 6.45) is 0.564. The SMILES string of the molecule is C[C@@]12C[C@@H](c3ccccc3O1)[C@@H](C(=O)Nc1ccc(Br)cc1)C(=O)N2. The molecular formula is C19H17BrN2O3. The lowest BCUT2D eigenvalue weighted by Gasteiger charge is -2.46. The van der Waals surface area contributed by atoms with E-state index in [1.165, 1.54) is 0 Å². The normalized spacial score (nSPS) is 26.9. The molecule has 3 atom stereocenters. The second kappa shape index (κ2) is 5.88. The van der Waals surface area contributed by atoms with Gasteiger partial charge in [-0.3, -0.25) is 9.59 Å². The predicted octanol–water partition coefficient (Wildman–Crippen LogP) is 3.42. The topological polar surface area (TPSA) is 67.4 Å². The molecule has 5 nitrogen and oxygen atoms in total. The molecule has 25 heavy (non-hydrogen) atoms. The molecule has 2 aliphatic rings. The highest BCUT2D eigenvalue weighted by atomic mass is 79.9. The zero-order chi connectivity index (χ0) is 17.6. The Bertz CT molecular complexity index is 852. The first kappa shape index (κ1) is 16.1. The van der Waals surface area contributed by atoms with Crippen LogP contribution >= 0.6 is 15.9 Å². The lowest BCUT2D eigenvalue weighted by Crippen LogP contribution is -2.62. The van der Waals surface area contributed by atoms with E-state index >= 15 is 0 Å². The van der Waals surface area contributed by atoms with Crippen molar-refractivity contribution in [3.63, 3.8) is 0 Å². The van der Waals surface area contributed by atoms with E-state index in [9.17, 15) is 9.59 Å². The van der Waals surface area contributed by atoms with Gasteiger partial charge in [-0.2, -0.15) is 0 Å². The van der Waals surface area contributed by atoms with Crippen molar-refractivity contribution in [1.82, 2.24) is 5.32 Å². The van der Waals surface area contributed by atoms with Gasteiger partial charge in [-0.1, -0.05) is 34.1 Å². The molecule has 0 unspecified atom stereocenters. The number of nitrogens with one attached hydrogen (secondary N) is 2. The summed E-state index contributed by atoms with van der Waals surface area (Å²) < 4.78 is 6.88. The van der Waals surface area contributed by atoms with Gasteiger partial charge in [0, 0.05) is 22.5 Å². The quantitative estimate of drug-likeness (QED) is 0.758. The Morgan fingerprint density at radius 1 is 1.24 bits per heavy atom. The molecule has 128 valence electrons. The standard InChI is InChI=1S/C19H17BrN2O3/c1-19-10-14(13-4-2-3-5-15(13)25-19)16(18(24)22-19)17(23)21-12-8-6-11(20)7-9-12/h2-9,14,16H,10H2,1H3,(H,21,23)(H,22,24)/t14-,16-,19-/m0/s1. The van der Waals surface area contributed by atoms with Gasteiger partial charge in [0.05, 0.1) is 0 Å². The maximum Gasteiger partial charge on any atom is 0.237 e. The van der Waals surface area contributed by atoms with Crippen LogP contribution in [0.5, 0.6) is 5.75 Å². The molecule has 0 aromatic heterocycles. The molecule has 2 aliphatic heterocycles. The van der Waals surface area contributed by atoms with Crippen molar-refractivity contribution in [3.8, 4) is 5.75 Å². The van der Waals surface area contributed by atoms with Crippen LogP contribution in [-0.2, 0) is 9.59 Å². The van der Waals surface area contributed by atoms with Crippen molar-refractivity contribution in [3.05, 3.63) is 58.6 Å². The maximum absolute atomic E-state index is 12.9. The minimum absolute atomic E-state index is 0.209. The number of piperidine rings is 1. The number of anilines is 1. The number of carbonyl (C=O) groups is 2. The third-order valence-corrected chi connectivity index (χ3v) is 5.26. The summed E-state index contributed by atoms with van der Waals surface area (Å²) in [5.41, 5.74) is 0.797. The van der Waals surface area contributed by atoms with Gasteiger partial charge < -0.3 is 15.4 Å². The summed E-state index contributed by atoms with van der Waals surface area (Å²) >= 11 is 3.37. The Balaban J connectivity index is 1.66. The summed E-state index contributed by atoms with van der Waals surface area (Å²) in [7, 11) is 0. The van der Waals surface area contributed by atoms with Gasteiger partial charge in [0.15, 0.2) is 5.72 Å². The first-order chi connectivity index (χ1) is 12.0. The zero-order valence-corrected chi connectivity index (χ0v) is 15.2. The summed E-state index contributed by atoms with van der Waals surface area (Å²) in [6.45, 7) is 1.84. The highest BCUT2D eigenvalue weighted by Crippen LogP contribution is 2.46. The molecule has 0 radical (unpaired) electrons. The van der Waals surface area contributed by atoms with Crippen LogP contribution in [0, 0.1) is 5.92 Å². The van der Waals surface area contributed by atoms with Crippen LogP contribution in [0.4, 0.5) is 5.69 Å². The van der Waals surface area contributed by atoms with Crippen LogP contribution < -0.4 is 15.4 Å². The van der Waals surface area contributed by atoms with E-state index in [2.05, 4.69) is 26.6 Å². The number of halogens is 1. The summed E-state index contributed by atoms with van der Waals surface area (Å²) in [6, 6.07) is 14.9. The lowest BCUT2D eigenvalue weighted by molar-refractivity contribution is -0.145. The van der Waals surface area contributed by atoms with Gasteiger partial charge in [-0.25, -0.2) is 0 Å². The number of amides is 2. The molecule has 2 aromatic carbocycles. The number of carbonyl (C=O) groups excluding carboxylic acids is 2. The average Bonchev–Trinajstić information content (AvgIpc) is 2.56. The van der Waals surface area contributed by atoms with Crippen LogP contribution in [-0.4, -0.2) is 17.5 Å². The van der Waals surface area contributed by atoms with E-state index in [1.54, 1.807) is 12.1 Å². The third kappa shape index (κ3) is 2.91. The van der Waals surface area contributed by atoms with Crippen LogP contribution in [0.2, 0.25) is 0 Å². The van der Waals surface area contributed by atoms with Gasteiger partial charge in [-0.05, 0) is 42.8 Å². The highest BCUT2D eigenvalue weighted by molar-refractivity contribution is 9.10. The number of hydrogen-bond acceptors (Lipinski definition) is 3. The van der Waals surface area contributed by atoms with Crippen molar-refractivity contribution < 1.29 is 14.3 Å². The molecule has 1 fully saturated rings. The van der Waals surface area contributed by atoms with Gasteiger partial charge in [0.25, 0.3) is 0 Å². The summed E-state index contributed by atoms with van der Waals surface area (Å²) in [5.74, 6) is -0.880. The van der Waals surface area contributed by atoms with E-state index in [0.29, 0.717) is 12.1 Å². The Hall–Kier alpha value is -2.34. The number of benzene rings is 2. The summed E-state index contributed by atoms with van der Waals surface area (Å²) in [4.78, 5) is 25.5. The van der Waals surface area contributed by atoms with Gasteiger partial charge in [-0.15, -0.1) is 0 Å². The molecule has 2 N–H and O–H groups in total. The number of ether oxygens (including phenoxy) is 1. The number of hydrogen-bond donors (Lipinski definition) is 2. The number of fused-ring (bicyclic) bond motifs is 4. The van der Waals surface area contributed by atoms with Crippen molar-refractivity contribution in [2.24, 2.45) is 5.92 Å². The second-order valence-corrected chi connectivity index (χ2v) is 7.56. The minimum atomic E-state index is -0.790. The molecule has 2 aromatic rings. The zero-order valence-electron chi connectivity index (χ0n) is 13.6. The Morgan fingerprint density at radius 3 is 2.72 bits per heavy atom. The predicted molar refractivity (Wildman–Crippen MR) is 97.2 cm³/mol. The van der Waals surface area contributed by atoms with Crippen molar-refractivity contribution in [2.75, 3.05) is 5.32 Å². The van der Waals surface area contributed by atoms with E-state index in [1.807, 2.05) is 43.3 Å². The van der Waals surface area contributed by atoms with Gasteiger partial charge in [0.1, 0.15) is 11.7 Å². The average molecular weight is 401 g/mol. The van der Waals surface area contributed by atoms with E-state index < -0.39 is 11.6 Å². The van der Waals surface area contributed by atoms with Crippen molar-refractivity contribution in [1.29, 1.82) is 0 Å². The molecule has 4 rings (SSSR count). The molecule has 1 saturated heterocycles. The fraction of sp³-hybridized carbons (Fsp3) is 0.263. The third-order valence-electron chi connectivity index (χ3n) is 4.73. The van der Waals surface area contributed by atoms with E-state index in [0.717, 1.165) is 15.8 Å². The van der Waals surface area contributed by atoms with Crippen LogP contribution in [0.3, 0.4) is 0 Å². The first-order valence-corrected chi connectivity index (χ1v) is 8.91. The van der Waals surface area contributed by atoms with Crippen molar-refractivity contribution >= 4 is 33.4 Å². The Labute approximate surface area is 153 Å². The monoisotopic (exact) mass is 400 g/mol. The van der Waals surface area contributed by atoms with Crippen LogP contribution in [0.1, 0.15) is 24.8 Å². The Kier molecular flexibility index (Phi) is 3.80. The number of para-hydroxylation sites is 1. The summed E-state index contributed by atoms with van der Waals surface area (Å²) in [5, 5.41) is 5.72. The molecule has 6 heteroatoms. The second-order valence-electron chi connectivity index (χ2n) is 6.64. The molecule has 0 saturated carbocycles. The molecule has 0 aliphatic carbocycles. The van der Waals surface area contributed by atoms with Crippen LogP contribution in [0.15, 0.2) is 53.0 Å². The fourth-order valence-electron chi connectivity index (χ4n) is 3.64. The molecule has 2 bridgehead atoms. The first-order valence-electron chi connectivity index (χ1n) is 8.12. The van der Waals surface area contributed by atoms with E-state index in [-0.39, 0.29) is 17.7 Å². The maximum atomic E-state index is 12.9. The number of rotatable bonds is 2. The van der Waals surface area contributed by atoms with Gasteiger partial charge in [0.2, 0.25) is 11.8 Å². The largest absolute Gasteiger partial charge is 0.468 e. The van der Waals surface area contributed by atoms with Crippen molar-refractivity contribution in [2.45, 2.75) is 25.0 Å². The molecule has 2 amide bonds. The fourth-order valence-corrected chi connectivity index (χ4v) is 3.91. The molecule has 0 spiro atoms.